The molecule has 20 heavy (non-hydrogen) atoms. The van der Waals surface area contributed by atoms with E-state index < -0.39 is 5.60 Å². The van der Waals surface area contributed by atoms with Crippen molar-refractivity contribution in [1.82, 2.24) is 9.88 Å². The fraction of sp³-hybridized carbons (Fsp3) is 0.467. The Kier molecular flexibility index (Phi) is 4.38. The fourth-order valence-electron chi connectivity index (χ4n) is 2.35. The van der Waals surface area contributed by atoms with Gasteiger partial charge in [-0.3, -0.25) is 4.79 Å². The Labute approximate surface area is 118 Å². The molecule has 1 aliphatic heterocycles. The number of piperidine rings is 1. The third-order valence-electron chi connectivity index (χ3n) is 3.27. The maximum atomic E-state index is 12.5. The monoisotopic (exact) mass is 274 g/mol. The van der Waals surface area contributed by atoms with Crippen molar-refractivity contribution in [3.8, 4) is 11.8 Å². The van der Waals surface area contributed by atoms with E-state index in [1.54, 1.807) is 30.2 Å². The van der Waals surface area contributed by atoms with E-state index in [4.69, 9.17) is 5.11 Å². The van der Waals surface area contributed by atoms with Crippen LogP contribution < -0.4 is 0 Å². The Balaban J connectivity index is 2.25. The van der Waals surface area contributed by atoms with Crippen LogP contribution in [0.3, 0.4) is 0 Å². The van der Waals surface area contributed by atoms with Crippen molar-refractivity contribution in [3.63, 3.8) is 0 Å². The van der Waals surface area contributed by atoms with Crippen LogP contribution in [-0.4, -0.2) is 51.3 Å². The molecule has 2 heterocycles. The van der Waals surface area contributed by atoms with E-state index in [0.29, 0.717) is 25.1 Å². The van der Waals surface area contributed by atoms with Crippen LogP contribution >= 0.6 is 0 Å². The predicted octanol–water partition coefficient (Wildman–Crippen LogP) is 0.412. The number of amides is 1. The molecule has 1 aliphatic rings. The highest BCUT2D eigenvalue weighted by Crippen LogP contribution is 2.22. The van der Waals surface area contributed by atoms with Gasteiger partial charge in [0.25, 0.3) is 5.91 Å². The smallest absolute Gasteiger partial charge is 0.273 e. The number of pyridine rings is 1. The number of carbonyl (C=O) groups excluding carboxylic acids is 1. The van der Waals surface area contributed by atoms with Gasteiger partial charge in [-0.15, -0.1) is 0 Å². The zero-order valence-electron chi connectivity index (χ0n) is 11.5. The molecule has 0 saturated carbocycles. The highest BCUT2D eigenvalue weighted by atomic mass is 16.3. The van der Waals surface area contributed by atoms with Gasteiger partial charge in [0.1, 0.15) is 12.3 Å². The Morgan fingerprint density at radius 3 is 3.10 bits per heavy atom. The Bertz CT molecular complexity index is 558. The molecule has 1 aromatic heterocycles. The van der Waals surface area contributed by atoms with E-state index in [1.165, 1.54) is 0 Å². The highest BCUT2D eigenvalue weighted by molar-refractivity contribution is 5.94. The lowest BCUT2D eigenvalue weighted by Crippen LogP contribution is -2.48. The SMILES string of the molecule is CC1(O)CCCN(C(=O)c2ncccc2C#CCO)C1. The third-order valence-corrected chi connectivity index (χ3v) is 3.27. The second kappa shape index (κ2) is 6.04. The van der Waals surface area contributed by atoms with Gasteiger partial charge in [-0.25, -0.2) is 4.98 Å². The maximum absolute atomic E-state index is 12.5. The molecule has 0 radical (unpaired) electrons. The number of β-amino-alcohol motifs (C(OH)–C–C–N with tert-alkyl or cyclic N) is 1. The average Bonchev–Trinajstić information content (AvgIpc) is 2.43. The predicted molar refractivity (Wildman–Crippen MR) is 74.0 cm³/mol. The number of carbonyl (C=O) groups is 1. The molecule has 1 saturated heterocycles. The van der Waals surface area contributed by atoms with Crippen molar-refractivity contribution in [2.24, 2.45) is 0 Å². The molecule has 2 rings (SSSR count). The number of nitrogens with zero attached hydrogens (tertiary/aromatic N) is 2. The van der Waals surface area contributed by atoms with Crippen LogP contribution in [0.5, 0.6) is 0 Å². The van der Waals surface area contributed by atoms with E-state index in [2.05, 4.69) is 16.8 Å². The summed E-state index contributed by atoms with van der Waals surface area (Å²) in [5.74, 6) is 5.03. The van der Waals surface area contributed by atoms with Crippen LogP contribution in [-0.2, 0) is 0 Å². The van der Waals surface area contributed by atoms with Crippen molar-refractivity contribution >= 4 is 5.91 Å². The van der Waals surface area contributed by atoms with E-state index in [-0.39, 0.29) is 18.2 Å². The van der Waals surface area contributed by atoms with Crippen LogP contribution in [0.4, 0.5) is 0 Å². The van der Waals surface area contributed by atoms with Gasteiger partial charge in [-0.05, 0) is 31.9 Å². The normalized spacial score (nSPS) is 22.1. The second-order valence-electron chi connectivity index (χ2n) is 5.19. The highest BCUT2D eigenvalue weighted by Gasteiger charge is 2.32. The van der Waals surface area contributed by atoms with Crippen molar-refractivity contribution in [3.05, 3.63) is 29.6 Å². The molecular weight excluding hydrogens is 256 g/mol. The van der Waals surface area contributed by atoms with E-state index >= 15 is 0 Å². The first-order chi connectivity index (χ1) is 9.53. The van der Waals surface area contributed by atoms with Crippen LogP contribution in [0.25, 0.3) is 0 Å². The first-order valence-corrected chi connectivity index (χ1v) is 6.60. The number of rotatable bonds is 1. The van der Waals surface area contributed by atoms with Gasteiger partial charge in [0.05, 0.1) is 11.2 Å². The molecular formula is C15H18N2O3. The third kappa shape index (κ3) is 3.35. The zero-order chi connectivity index (χ0) is 14.6. The molecule has 1 amide bonds. The van der Waals surface area contributed by atoms with Crippen molar-refractivity contribution in [2.75, 3.05) is 19.7 Å². The summed E-state index contributed by atoms with van der Waals surface area (Å²) < 4.78 is 0. The van der Waals surface area contributed by atoms with Gasteiger partial charge < -0.3 is 15.1 Å². The lowest BCUT2D eigenvalue weighted by atomic mass is 9.95. The summed E-state index contributed by atoms with van der Waals surface area (Å²) in [6.07, 6.45) is 3.00. The molecule has 0 aliphatic carbocycles. The molecule has 2 N–H and O–H groups in total. The minimum absolute atomic E-state index is 0.229. The second-order valence-corrected chi connectivity index (χ2v) is 5.19. The molecule has 5 nitrogen and oxygen atoms in total. The number of hydrogen-bond donors (Lipinski definition) is 2. The average molecular weight is 274 g/mol. The van der Waals surface area contributed by atoms with Gasteiger partial charge in [0, 0.05) is 19.3 Å². The Hall–Kier alpha value is -1.90. The quantitative estimate of drug-likeness (QED) is 0.728. The largest absolute Gasteiger partial charge is 0.388 e. The summed E-state index contributed by atoms with van der Waals surface area (Å²) in [5, 5.41) is 18.8. The van der Waals surface area contributed by atoms with Gasteiger partial charge in [-0.1, -0.05) is 11.8 Å². The lowest BCUT2D eigenvalue weighted by Gasteiger charge is -2.36. The van der Waals surface area contributed by atoms with Crippen LogP contribution in [0.1, 0.15) is 35.8 Å². The summed E-state index contributed by atoms with van der Waals surface area (Å²) in [7, 11) is 0. The summed E-state index contributed by atoms with van der Waals surface area (Å²) in [5.41, 5.74) is -0.0810. The molecule has 0 bridgehead atoms. The van der Waals surface area contributed by atoms with Crippen LogP contribution in [0.2, 0.25) is 0 Å². The zero-order valence-corrected chi connectivity index (χ0v) is 11.5. The van der Waals surface area contributed by atoms with E-state index in [0.717, 1.165) is 6.42 Å². The van der Waals surface area contributed by atoms with Gasteiger partial charge in [0.2, 0.25) is 0 Å². The van der Waals surface area contributed by atoms with Crippen molar-refractivity contribution < 1.29 is 15.0 Å². The van der Waals surface area contributed by atoms with Crippen LogP contribution in [0.15, 0.2) is 18.3 Å². The number of aromatic nitrogens is 1. The van der Waals surface area contributed by atoms with Crippen molar-refractivity contribution in [1.29, 1.82) is 0 Å². The summed E-state index contributed by atoms with van der Waals surface area (Å²) in [6, 6.07) is 3.40. The lowest BCUT2D eigenvalue weighted by molar-refractivity contribution is -0.0109. The fourth-order valence-corrected chi connectivity index (χ4v) is 2.35. The van der Waals surface area contributed by atoms with E-state index in [9.17, 15) is 9.90 Å². The summed E-state index contributed by atoms with van der Waals surface area (Å²) in [4.78, 5) is 18.2. The molecule has 1 fully saturated rings. The number of aliphatic hydroxyl groups is 2. The molecule has 5 heteroatoms. The molecule has 106 valence electrons. The number of hydrogen-bond acceptors (Lipinski definition) is 4. The molecule has 0 spiro atoms. The Morgan fingerprint density at radius 2 is 2.40 bits per heavy atom. The summed E-state index contributed by atoms with van der Waals surface area (Å²) in [6.45, 7) is 2.38. The minimum atomic E-state index is -0.848. The topological polar surface area (TPSA) is 73.7 Å². The van der Waals surface area contributed by atoms with Crippen molar-refractivity contribution in [2.45, 2.75) is 25.4 Å². The Morgan fingerprint density at radius 1 is 1.60 bits per heavy atom. The van der Waals surface area contributed by atoms with Crippen LogP contribution in [0, 0.1) is 11.8 Å². The van der Waals surface area contributed by atoms with Gasteiger partial charge in [0.15, 0.2) is 0 Å². The number of likely N-dealkylation sites (tertiary alicyclic amines) is 1. The number of aliphatic hydroxyl groups excluding tert-OH is 1. The summed E-state index contributed by atoms with van der Waals surface area (Å²) >= 11 is 0. The maximum Gasteiger partial charge on any atom is 0.273 e. The molecule has 1 unspecified atom stereocenters. The standard InChI is InChI=1S/C15H18N2O3/c1-15(20)7-4-9-17(11-15)14(19)13-12(6-3-10-18)5-2-8-16-13/h2,5,8,18,20H,4,7,9-11H2,1H3. The molecule has 0 aromatic carbocycles. The van der Waals surface area contributed by atoms with Gasteiger partial charge >= 0.3 is 0 Å². The van der Waals surface area contributed by atoms with E-state index in [1.807, 2.05) is 0 Å². The molecule has 1 atom stereocenters. The first kappa shape index (κ1) is 14.5. The van der Waals surface area contributed by atoms with Gasteiger partial charge in [-0.2, -0.15) is 0 Å². The minimum Gasteiger partial charge on any atom is -0.388 e. The first-order valence-electron chi connectivity index (χ1n) is 6.60. The molecule has 1 aromatic rings.